The third-order valence-electron chi connectivity index (χ3n) is 6.73. The van der Waals surface area contributed by atoms with Gasteiger partial charge in [-0.2, -0.15) is 0 Å². The number of halogens is 1. The van der Waals surface area contributed by atoms with Gasteiger partial charge in [0.05, 0.1) is 22.3 Å². The van der Waals surface area contributed by atoms with Gasteiger partial charge in [-0.15, -0.1) is 0 Å². The number of carbonyl (C=O) groups excluding carboxylic acids is 1. The normalized spacial score (nSPS) is 20.8. The number of thioether (sulfide) groups is 1. The molecule has 1 aliphatic carbocycles. The van der Waals surface area contributed by atoms with E-state index in [1.807, 2.05) is 11.0 Å². The fourth-order valence-corrected chi connectivity index (χ4v) is 6.09. The van der Waals surface area contributed by atoms with Gasteiger partial charge < -0.3 is 4.90 Å². The molecule has 0 spiro atoms. The first-order valence-corrected chi connectivity index (χ1v) is 12.3. The van der Waals surface area contributed by atoms with Gasteiger partial charge in [0.15, 0.2) is 5.16 Å². The summed E-state index contributed by atoms with van der Waals surface area (Å²) < 4.78 is 15.9. The molecule has 0 N–H and O–H groups in total. The molecule has 5 rings (SSSR count). The molecule has 1 saturated heterocycles. The first kappa shape index (κ1) is 21.2. The summed E-state index contributed by atoms with van der Waals surface area (Å²) in [5, 5.41) is 0.761. The minimum absolute atomic E-state index is 0.0779. The quantitative estimate of drug-likeness (QED) is 0.422. The summed E-state index contributed by atoms with van der Waals surface area (Å²) in [6, 6.07) is 13.6. The van der Waals surface area contributed by atoms with Crippen LogP contribution >= 0.6 is 11.8 Å². The van der Waals surface area contributed by atoms with Crippen LogP contribution < -0.4 is 5.56 Å². The van der Waals surface area contributed by atoms with Crippen molar-refractivity contribution in [2.24, 2.45) is 5.92 Å². The number of carbonyl (C=O) groups is 1. The Morgan fingerprint density at radius 2 is 1.78 bits per heavy atom. The maximum absolute atomic E-state index is 14.6. The standard InChI is InChI=1S/C25H26FN3O2S/c26-19-11-3-6-14-22(19)29-24(31)18-10-2-4-12-20(18)27-25(29)32-16-23(30)28-15-7-9-17-8-1-5-13-21(17)28/h2-4,6,10-12,14,17,21H,1,5,7-9,13,15-16H2. The Bertz CT molecular complexity index is 1210. The molecule has 166 valence electrons. The van der Waals surface area contributed by atoms with Gasteiger partial charge in [0.1, 0.15) is 5.82 Å². The van der Waals surface area contributed by atoms with Crippen molar-refractivity contribution in [1.82, 2.24) is 14.5 Å². The van der Waals surface area contributed by atoms with E-state index >= 15 is 0 Å². The molecular formula is C25H26FN3O2S. The third kappa shape index (κ3) is 3.94. The van der Waals surface area contributed by atoms with Crippen LogP contribution in [-0.2, 0) is 4.79 Å². The van der Waals surface area contributed by atoms with Gasteiger partial charge in [0, 0.05) is 12.6 Å². The topological polar surface area (TPSA) is 55.2 Å². The van der Waals surface area contributed by atoms with Crippen LogP contribution in [0.15, 0.2) is 58.5 Å². The molecule has 1 amide bonds. The van der Waals surface area contributed by atoms with Crippen LogP contribution in [0.25, 0.3) is 16.6 Å². The molecule has 1 aliphatic heterocycles. The molecule has 1 saturated carbocycles. The minimum Gasteiger partial charge on any atom is -0.339 e. The molecule has 7 heteroatoms. The summed E-state index contributed by atoms with van der Waals surface area (Å²) in [7, 11) is 0. The molecule has 2 heterocycles. The van der Waals surface area contributed by atoms with Crippen molar-refractivity contribution >= 4 is 28.6 Å². The third-order valence-corrected chi connectivity index (χ3v) is 7.65. The van der Waals surface area contributed by atoms with E-state index in [2.05, 4.69) is 4.98 Å². The lowest BCUT2D eigenvalue weighted by Gasteiger charge is -2.44. The average molecular weight is 452 g/mol. The molecule has 5 nitrogen and oxygen atoms in total. The van der Waals surface area contributed by atoms with Gasteiger partial charge in [-0.3, -0.25) is 14.2 Å². The molecule has 1 aromatic heterocycles. The largest absolute Gasteiger partial charge is 0.339 e. The molecule has 2 aromatic carbocycles. The summed E-state index contributed by atoms with van der Waals surface area (Å²) in [5.74, 6) is 0.375. The minimum atomic E-state index is -0.499. The highest BCUT2D eigenvalue weighted by atomic mass is 32.2. The number of nitrogens with zero attached hydrogens (tertiary/aromatic N) is 3. The predicted octanol–water partition coefficient (Wildman–Crippen LogP) is 4.80. The van der Waals surface area contributed by atoms with Crippen LogP contribution in [0.2, 0.25) is 0 Å². The van der Waals surface area contributed by atoms with Crippen molar-refractivity contribution in [2.75, 3.05) is 12.3 Å². The maximum atomic E-state index is 14.6. The molecule has 0 radical (unpaired) electrons. The SMILES string of the molecule is O=C(CSc1nc2ccccc2c(=O)n1-c1ccccc1F)N1CCCC2CCCCC21. The van der Waals surface area contributed by atoms with E-state index in [9.17, 15) is 14.0 Å². The first-order valence-electron chi connectivity index (χ1n) is 11.3. The summed E-state index contributed by atoms with van der Waals surface area (Å²) in [5.41, 5.74) is 0.363. The van der Waals surface area contributed by atoms with Crippen molar-refractivity contribution in [2.45, 2.75) is 49.7 Å². The van der Waals surface area contributed by atoms with Crippen molar-refractivity contribution < 1.29 is 9.18 Å². The van der Waals surface area contributed by atoms with Gasteiger partial charge in [-0.1, -0.05) is 48.9 Å². The zero-order valence-electron chi connectivity index (χ0n) is 17.9. The van der Waals surface area contributed by atoms with Crippen molar-refractivity contribution in [3.8, 4) is 5.69 Å². The van der Waals surface area contributed by atoms with Crippen LogP contribution in [0.4, 0.5) is 4.39 Å². The highest BCUT2D eigenvalue weighted by Crippen LogP contribution is 2.35. The molecule has 2 aliphatic rings. The smallest absolute Gasteiger partial charge is 0.266 e. The van der Waals surface area contributed by atoms with Gasteiger partial charge in [0.25, 0.3) is 5.56 Å². The van der Waals surface area contributed by atoms with E-state index in [4.69, 9.17) is 0 Å². The monoisotopic (exact) mass is 451 g/mol. The second-order valence-corrected chi connectivity index (χ2v) is 9.58. The Balaban J connectivity index is 1.47. The van der Waals surface area contributed by atoms with Crippen LogP contribution in [-0.4, -0.2) is 38.7 Å². The number of para-hydroxylation sites is 2. The Hall–Kier alpha value is -2.67. The Morgan fingerprint density at radius 3 is 2.66 bits per heavy atom. The van der Waals surface area contributed by atoms with Gasteiger partial charge in [0.2, 0.25) is 5.91 Å². The number of benzene rings is 2. The first-order chi connectivity index (χ1) is 15.6. The second kappa shape index (κ2) is 9.06. The fraction of sp³-hybridized carbons (Fsp3) is 0.400. The van der Waals surface area contributed by atoms with Gasteiger partial charge in [-0.05, 0) is 55.9 Å². The zero-order chi connectivity index (χ0) is 22.1. The zero-order valence-corrected chi connectivity index (χ0v) is 18.7. The second-order valence-electron chi connectivity index (χ2n) is 8.63. The average Bonchev–Trinajstić information content (AvgIpc) is 2.83. The van der Waals surface area contributed by atoms with Crippen molar-refractivity contribution in [1.29, 1.82) is 0 Å². The molecule has 0 bridgehead atoms. The van der Waals surface area contributed by atoms with Crippen LogP contribution in [0.1, 0.15) is 38.5 Å². The fourth-order valence-electron chi connectivity index (χ4n) is 5.20. The predicted molar refractivity (Wildman–Crippen MR) is 125 cm³/mol. The number of likely N-dealkylation sites (tertiary alicyclic amines) is 1. The Kier molecular flexibility index (Phi) is 6.00. The molecule has 2 atom stereocenters. The number of amides is 1. The Labute approximate surface area is 190 Å². The van der Waals surface area contributed by atoms with Crippen LogP contribution in [0.5, 0.6) is 0 Å². The number of aromatic nitrogens is 2. The lowest BCUT2D eigenvalue weighted by molar-refractivity contribution is -0.134. The van der Waals surface area contributed by atoms with E-state index in [0.29, 0.717) is 28.0 Å². The van der Waals surface area contributed by atoms with E-state index < -0.39 is 5.82 Å². The molecule has 2 fully saturated rings. The highest BCUT2D eigenvalue weighted by molar-refractivity contribution is 7.99. The van der Waals surface area contributed by atoms with Crippen LogP contribution in [0, 0.1) is 11.7 Å². The van der Waals surface area contributed by atoms with Crippen LogP contribution in [0.3, 0.4) is 0 Å². The van der Waals surface area contributed by atoms with E-state index in [1.165, 1.54) is 48.1 Å². The maximum Gasteiger partial charge on any atom is 0.266 e. The lowest BCUT2D eigenvalue weighted by atomic mass is 9.78. The summed E-state index contributed by atoms with van der Waals surface area (Å²) in [6.45, 7) is 0.797. The molecule has 2 unspecified atom stereocenters. The Morgan fingerprint density at radius 1 is 1.03 bits per heavy atom. The number of hydrogen-bond donors (Lipinski definition) is 0. The molecule has 32 heavy (non-hydrogen) atoms. The van der Waals surface area contributed by atoms with Gasteiger partial charge in [-0.25, -0.2) is 9.37 Å². The van der Waals surface area contributed by atoms with Crippen molar-refractivity contribution in [3.63, 3.8) is 0 Å². The lowest BCUT2D eigenvalue weighted by Crippen LogP contribution is -2.50. The molecule has 3 aromatic rings. The van der Waals surface area contributed by atoms with E-state index in [-0.39, 0.29) is 22.9 Å². The summed E-state index contributed by atoms with van der Waals surface area (Å²) >= 11 is 1.21. The van der Waals surface area contributed by atoms with E-state index in [1.54, 1.807) is 36.4 Å². The van der Waals surface area contributed by atoms with Crippen molar-refractivity contribution in [3.05, 3.63) is 64.7 Å². The molecular weight excluding hydrogens is 425 g/mol. The number of piperidine rings is 1. The number of hydrogen-bond acceptors (Lipinski definition) is 4. The van der Waals surface area contributed by atoms with E-state index in [0.717, 1.165) is 19.4 Å². The summed E-state index contributed by atoms with van der Waals surface area (Å²) in [4.78, 5) is 33.2. The number of rotatable bonds is 4. The summed E-state index contributed by atoms with van der Waals surface area (Å²) in [6.07, 6.45) is 6.98. The number of fused-ring (bicyclic) bond motifs is 2. The highest BCUT2D eigenvalue weighted by Gasteiger charge is 2.35. The van der Waals surface area contributed by atoms with Gasteiger partial charge >= 0.3 is 0 Å².